The van der Waals surface area contributed by atoms with Crippen molar-refractivity contribution in [2.75, 3.05) is 19.6 Å². The second kappa shape index (κ2) is 8.23. The summed E-state index contributed by atoms with van der Waals surface area (Å²) in [5, 5.41) is 7.44. The smallest absolute Gasteiger partial charge is 0.239 e. The molecular weight excluding hydrogens is 250 g/mol. The van der Waals surface area contributed by atoms with Crippen molar-refractivity contribution in [2.45, 2.75) is 32.1 Å². The van der Waals surface area contributed by atoms with E-state index in [9.17, 15) is 19.2 Å². The molecule has 1 aliphatic heterocycles. The lowest BCUT2D eigenvalue weighted by atomic mass is 10.1. The van der Waals surface area contributed by atoms with Crippen molar-refractivity contribution in [3.63, 3.8) is 0 Å². The lowest BCUT2D eigenvalue weighted by Crippen LogP contribution is -2.42. The van der Waals surface area contributed by atoms with Crippen LogP contribution in [0.25, 0.3) is 0 Å². The summed E-state index contributed by atoms with van der Waals surface area (Å²) in [6, 6.07) is 0. The maximum absolute atomic E-state index is 11.5. The summed E-state index contributed by atoms with van der Waals surface area (Å²) in [7, 11) is 0. The highest BCUT2D eigenvalue weighted by Gasteiger charge is 2.10. The molecule has 3 N–H and O–H groups in total. The minimum Gasteiger partial charge on any atom is -0.355 e. The quantitative estimate of drug-likeness (QED) is 0.517. The first-order valence-electron chi connectivity index (χ1n) is 6.39. The standard InChI is InChI=1S/C12H19N3O4/c16-9-3-1-5-10(17)14-8-12(19)15-7-11(18)13-6-2-4-9/h1-8H2,(H,13,18)(H,14,17)(H,15,19). The Bertz CT molecular complexity index is 368. The Labute approximate surface area is 111 Å². The van der Waals surface area contributed by atoms with Crippen LogP contribution in [0.3, 0.4) is 0 Å². The van der Waals surface area contributed by atoms with Crippen molar-refractivity contribution >= 4 is 23.5 Å². The molecule has 1 saturated heterocycles. The van der Waals surface area contributed by atoms with Gasteiger partial charge in [-0.3, -0.25) is 19.2 Å². The van der Waals surface area contributed by atoms with Gasteiger partial charge in [-0.25, -0.2) is 0 Å². The van der Waals surface area contributed by atoms with Gasteiger partial charge in [0.15, 0.2) is 0 Å². The zero-order valence-electron chi connectivity index (χ0n) is 10.8. The predicted octanol–water partition coefficient (Wildman–Crippen LogP) is -1.13. The summed E-state index contributed by atoms with van der Waals surface area (Å²) in [5.41, 5.74) is 0. The number of nitrogens with one attached hydrogen (secondary N) is 3. The van der Waals surface area contributed by atoms with Crippen LogP contribution >= 0.6 is 0 Å². The van der Waals surface area contributed by atoms with Gasteiger partial charge in [-0.15, -0.1) is 0 Å². The molecule has 1 rings (SSSR count). The topological polar surface area (TPSA) is 104 Å². The number of hydrogen-bond donors (Lipinski definition) is 3. The molecule has 0 atom stereocenters. The fourth-order valence-electron chi connectivity index (χ4n) is 1.66. The average molecular weight is 269 g/mol. The van der Waals surface area contributed by atoms with Crippen molar-refractivity contribution in [1.29, 1.82) is 0 Å². The lowest BCUT2D eigenvalue weighted by molar-refractivity contribution is -0.127. The molecule has 106 valence electrons. The van der Waals surface area contributed by atoms with Crippen LogP contribution in [0.1, 0.15) is 32.1 Å². The van der Waals surface area contributed by atoms with Crippen LogP contribution in [0.15, 0.2) is 0 Å². The van der Waals surface area contributed by atoms with Crippen LogP contribution in [0.2, 0.25) is 0 Å². The zero-order chi connectivity index (χ0) is 14.1. The maximum Gasteiger partial charge on any atom is 0.239 e. The van der Waals surface area contributed by atoms with Gasteiger partial charge in [-0.1, -0.05) is 0 Å². The van der Waals surface area contributed by atoms with Crippen LogP contribution in [-0.4, -0.2) is 43.1 Å². The van der Waals surface area contributed by atoms with Gasteiger partial charge in [0.1, 0.15) is 5.78 Å². The third-order valence-electron chi connectivity index (χ3n) is 2.71. The number of ketones is 1. The third-order valence-corrected chi connectivity index (χ3v) is 2.71. The minimum atomic E-state index is -0.408. The van der Waals surface area contributed by atoms with E-state index < -0.39 is 5.91 Å². The van der Waals surface area contributed by atoms with Gasteiger partial charge in [-0.05, 0) is 12.8 Å². The van der Waals surface area contributed by atoms with E-state index in [1.54, 1.807) is 0 Å². The fraction of sp³-hybridized carbons (Fsp3) is 0.667. The summed E-state index contributed by atoms with van der Waals surface area (Å²) < 4.78 is 0. The van der Waals surface area contributed by atoms with E-state index in [1.807, 2.05) is 0 Å². The van der Waals surface area contributed by atoms with Gasteiger partial charge >= 0.3 is 0 Å². The van der Waals surface area contributed by atoms with Crippen molar-refractivity contribution in [1.82, 2.24) is 16.0 Å². The van der Waals surface area contributed by atoms with Crippen LogP contribution in [0.5, 0.6) is 0 Å². The zero-order valence-corrected chi connectivity index (χ0v) is 10.8. The van der Waals surface area contributed by atoms with E-state index >= 15 is 0 Å². The van der Waals surface area contributed by atoms with Gasteiger partial charge < -0.3 is 16.0 Å². The van der Waals surface area contributed by atoms with E-state index in [-0.39, 0.29) is 37.1 Å². The van der Waals surface area contributed by atoms with Crippen molar-refractivity contribution in [3.05, 3.63) is 0 Å². The molecule has 1 fully saturated rings. The second-order valence-corrected chi connectivity index (χ2v) is 4.40. The van der Waals surface area contributed by atoms with E-state index in [4.69, 9.17) is 0 Å². The molecule has 0 unspecified atom stereocenters. The molecule has 0 aromatic carbocycles. The van der Waals surface area contributed by atoms with Gasteiger partial charge in [0.05, 0.1) is 13.1 Å². The molecule has 0 bridgehead atoms. The number of rotatable bonds is 0. The van der Waals surface area contributed by atoms with E-state index in [0.717, 1.165) is 0 Å². The number of carbonyl (C=O) groups is 4. The Morgan fingerprint density at radius 1 is 0.632 bits per heavy atom. The molecular formula is C12H19N3O4. The molecule has 0 aromatic heterocycles. The largest absolute Gasteiger partial charge is 0.355 e. The molecule has 1 aliphatic rings. The maximum atomic E-state index is 11.5. The normalized spacial score (nSPS) is 20.6. The third kappa shape index (κ3) is 7.17. The summed E-state index contributed by atoms with van der Waals surface area (Å²) in [6.45, 7) is 0.139. The molecule has 3 amide bonds. The van der Waals surface area contributed by atoms with Gasteiger partial charge in [0, 0.05) is 25.8 Å². The Morgan fingerprint density at radius 3 is 1.95 bits per heavy atom. The molecule has 0 saturated carbocycles. The summed E-state index contributed by atoms with van der Waals surface area (Å²) >= 11 is 0. The van der Waals surface area contributed by atoms with Crippen LogP contribution in [0.4, 0.5) is 0 Å². The average Bonchev–Trinajstić information content (AvgIpc) is 2.38. The highest BCUT2D eigenvalue weighted by atomic mass is 16.2. The number of Topliss-reactive ketones (excluding diaryl/α,β-unsaturated/α-hetero) is 1. The fourth-order valence-corrected chi connectivity index (χ4v) is 1.66. The highest BCUT2D eigenvalue weighted by Crippen LogP contribution is 2.01. The highest BCUT2D eigenvalue weighted by molar-refractivity contribution is 5.88. The minimum absolute atomic E-state index is 0.0890. The number of carbonyl (C=O) groups excluding carboxylic acids is 4. The summed E-state index contributed by atoms with van der Waals surface area (Å²) in [4.78, 5) is 45.4. The van der Waals surface area contributed by atoms with Crippen molar-refractivity contribution in [3.8, 4) is 0 Å². The van der Waals surface area contributed by atoms with Crippen molar-refractivity contribution < 1.29 is 19.2 Å². The lowest BCUT2D eigenvalue weighted by Gasteiger charge is -2.06. The molecule has 0 aliphatic carbocycles. The molecule has 7 heteroatoms. The molecule has 19 heavy (non-hydrogen) atoms. The van der Waals surface area contributed by atoms with Crippen LogP contribution in [-0.2, 0) is 19.2 Å². The van der Waals surface area contributed by atoms with E-state index in [0.29, 0.717) is 32.2 Å². The monoisotopic (exact) mass is 269 g/mol. The molecule has 0 spiro atoms. The first-order chi connectivity index (χ1) is 9.08. The van der Waals surface area contributed by atoms with E-state index in [1.165, 1.54) is 0 Å². The summed E-state index contributed by atoms with van der Waals surface area (Å²) in [6.07, 6.45) is 2.04. The molecule has 7 nitrogen and oxygen atoms in total. The van der Waals surface area contributed by atoms with E-state index in [2.05, 4.69) is 16.0 Å². The van der Waals surface area contributed by atoms with Crippen LogP contribution in [0, 0.1) is 0 Å². The Morgan fingerprint density at radius 2 is 1.21 bits per heavy atom. The van der Waals surface area contributed by atoms with Gasteiger partial charge in [-0.2, -0.15) is 0 Å². The Kier molecular flexibility index (Phi) is 6.56. The predicted molar refractivity (Wildman–Crippen MR) is 67.1 cm³/mol. The molecule has 1 heterocycles. The molecule has 0 radical (unpaired) electrons. The first-order valence-corrected chi connectivity index (χ1v) is 6.39. The van der Waals surface area contributed by atoms with Gasteiger partial charge in [0.25, 0.3) is 0 Å². The number of amides is 3. The first kappa shape index (κ1) is 15.1. The number of hydrogen-bond acceptors (Lipinski definition) is 4. The summed E-state index contributed by atoms with van der Waals surface area (Å²) in [5.74, 6) is -0.884. The van der Waals surface area contributed by atoms with Crippen LogP contribution < -0.4 is 16.0 Å². The molecule has 0 aromatic rings. The second-order valence-electron chi connectivity index (χ2n) is 4.40. The SMILES string of the molecule is O=C1CCCNC(=O)CNC(=O)CNC(=O)CCC1. The Balaban J connectivity index is 2.45. The van der Waals surface area contributed by atoms with Gasteiger partial charge in [0.2, 0.25) is 17.7 Å². The van der Waals surface area contributed by atoms with Crippen molar-refractivity contribution in [2.24, 2.45) is 0 Å². The Hall–Kier alpha value is -1.92.